The summed E-state index contributed by atoms with van der Waals surface area (Å²) in [5.74, 6) is -0.398. The smallest absolute Gasteiger partial charge is 0.204 e. The highest BCUT2D eigenvalue weighted by Crippen LogP contribution is 2.18. The molecule has 1 aliphatic carbocycles. The van der Waals surface area contributed by atoms with E-state index in [2.05, 4.69) is 10.6 Å². The quantitative estimate of drug-likeness (QED) is 0.785. The lowest BCUT2D eigenvalue weighted by atomic mass is 10.0. The van der Waals surface area contributed by atoms with Gasteiger partial charge in [0.1, 0.15) is 0 Å². The number of nitrogens with one attached hydrogen (secondary N) is 2. The molecule has 0 fully saturated rings. The molecule has 0 radical (unpaired) electrons. The molecule has 0 unspecified atom stereocenters. The van der Waals surface area contributed by atoms with Gasteiger partial charge < -0.3 is 10.6 Å². The maximum absolute atomic E-state index is 12.4. The SMILES string of the molecule is C[C@H](NC1=CC(=O)C(N[C@@H](C)c2ccccc2)=CC1=O)c1ccccc1. The van der Waals surface area contributed by atoms with E-state index in [0.717, 1.165) is 11.1 Å². The molecular weight excluding hydrogens is 324 g/mol. The average Bonchev–Trinajstić information content (AvgIpc) is 2.67. The minimum absolute atomic E-state index is 0.0645. The fourth-order valence-electron chi connectivity index (χ4n) is 2.90. The van der Waals surface area contributed by atoms with E-state index < -0.39 is 0 Å². The Morgan fingerprint density at radius 1 is 0.615 bits per heavy atom. The van der Waals surface area contributed by atoms with Crippen LogP contribution in [0, 0.1) is 0 Å². The molecule has 26 heavy (non-hydrogen) atoms. The Morgan fingerprint density at radius 2 is 0.962 bits per heavy atom. The number of hydrogen-bond acceptors (Lipinski definition) is 4. The Hall–Kier alpha value is -3.14. The van der Waals surface area contributed by atoms with Gasteiger partial charge in [0.25, 0.3) is 0 Å². The number of benzene rings is 2. The molecule has 4 heteroatoms. The molecule has 0 amide bonds. The molecule has 0 saturated heterocycles. The predicted molar refractivity (Wildman–Crippen MR) is 102 cm³/mol. The van der Waals surface area contributed by atoms with E-state index in [9.17, 15) is 9.59 Å². The number of allylic oxidation sites excluding steroid dienone is 2. The van der Waals surface area contributed by atoms with Crippen LogP contribution in [0.4, 0.5) is 0 Å². The van der Waals surface area contributed by atoms with Crippen molar-refractivity contribution in [3.05, 3.63) is 95.3 Å². The minimum Gasteiger partial charge on any atom is -0.375 e. The number of carbonyl (C=O) groups excluding carboxylic acids is 2. The van der Waals surface area contributed by atoms with Gasteiger partial charge in [-0.25, -0.2) is 0 Å². The van der Waals surface area contributed by atoms with Crippen molar-refractivity contribution in [3.63, 3.8) is 0 Å². The van der Waals surface area contributed by atoms with Crippen LogP contribution >= 0.6 is 0 Å². The third-order valence-electron chi connectivity index (χ3n) is 4.42. The molecule has 0 aliphatic heterocycles. The van der Waals surface area contributed by atoms with Gasteiger partial charge in [-0.2, -0.15) is 0 Å². The standard InChI is InChI=1S/C22H22N2O2/c1-15(17-9-5-3-6-10-17)23-19-13-22(26)20(14-21(19)25)24-16(2)18-11-7-4-8-12-18/h3-16,23-24H,1-2H3/t15-,16-/m0/s1. The number of hydrogen-bond donors (Lipinski definition) is 2. The van der Waals surface area contributed by atoms with Crippen molar-refractivity contribution in [2.24, 2.45) is 0 Å². The number of ketones is 2. The van der Waals surface area contributed by atoms with Gasteiger partial charge in [0.05, 0.1) is 11.4 Å². The van der Waals surface area contributed by atoms with Crippen molar-refractivity contribution < 1.29 is 9.59 Å². The van der Waals surface area contributed by atoms with E-state index >= 15 is 0 Å². The van der Waals surface area contributed by atoms with Gasteiger partial charge >= 0.3 is 0 Å². The van der Waals surface area contributed by atoms with Gasteiger partial charge in [0.2, 0.25) is 11.6 Å². The third kappa shape index (κ3) is 4.09. The van der Waals surface area contributed by atoms with Crippen LogP contribution in [-0.2, 0) is 9.59 Å². The molecule has 2 aromatic rings. The Labute approximate surface area is 153 Å². The molecule has 132 valence electrons. The van der Waals surface area contributed by atoms with Crippen molar-refractivity contribution in [2.45, 2.75) is 25.9 Å². The van der Waals surface area contributed by atoms with Crippen molar-refractivity contribution >= 4 is 11.6 Å². The molecule has 4 nitrogen and oxygen atoms in total. The van der Waals surface area contributed by atoms with Gasteiger partial charge in [-0.15, -0.1) is 0 Å². The van der Waals surface area contributed by atoms with Crippen LogP contribution in [0.25, 0.3) is 0 Å². The van der Waals surface area contributed by atoms with Crippen molar-refractivity contribution in [3.8, 4) is 0 Å². The summed E-state index contributed by atoms with van der Waals surface area (Å²) in [5, 5.41) is 6.28. The van der Waals surface area contributed by atoms with Gasteiger partial charge in [-0.05, 0) is 25.0 Å². The van der Waals surface area contributed by atoms with E-state index in [1.54, 1.807) is 0 Å². The Bertz CT molecular complexity index is 781. The number of rotatable bonds is 6. The fraction of sp³-hybridized carbons (Fsp3) is 0.182. The normalized spacial score (nSPS) is 16.4. The Balaban J connectivity index is 1.68. The fourth-order valence-corrected chi connectivity index (χ4v) is 2.90. The van der Waals surface area contributed by atoms with Crippen molar-refractivity contribution in [1.29, 1.82) is 0 Å². The number of carbonyl (C=O) groups is 2. The highest BCUT2D eigenvalue weighted by Gasteiger charge is 2.23. The second kappa shape index (κ2) is 7.83. The van der Waals surface area contributed by atoms with Gasteiger partial charge in [-0.3, -0.25) is 9.59 Å². The molecule has 3 rings (SSSR count). The molecule has 2 atom stereocenters. The second-order valence-electron chi connectivity index (χ2n) is 6.40. The van der Waals surface area contributed by atoms with Crippen molar-refractivity contribution in [2.75, 3.05) is 0 Å². The molecule has 0 heterocycles. The lowest BCUT2D eigenvalue weighted by Gasteiger charge is -2.22. The summed E-state index contributed by atoms with van der Waals surface area (Å²) in [6.45, 7) is 3.92. The first-order valence-corrected chi connectivity index (χ1v) is 8.69. The Kier molecular flexibility index (Phi) is 5.32. The molecular formula is C22H22N2O2. The first-order chi connectivity index (χ1) is 12.5. The first-order valence-electron chi connectivity index (χ1n) is 8.69. The molecule has 2 N–H and O–H groups in total. The minimum atomic E-state index is -0.199. The molecule has 0 bridgehead atoms. The van der Waals surface area contributed by atoms with Crippen LogP contribution in [0.2, 0.25) is 0 Å². The zero-order valence-electron chi connectivity index (χ0n) is 14.9. The largest absolute Gasteiger partial charge is 0.375 e. The monoisotopic (exact) mass is 346 g/mol. The van der Waals surface area contributed by atoms with Crippen LogP contribution in [0.15, 0.2) is 84.2 Å². The van der Waals surface area contributed by atoms with Crippen LogP contribution in [0.1, 0.15) is 37.1 Å². The average molecular weight is 346 g/mol. The van der Waals surface area contributed by atoms with Crippen molar-refractivity contribution in [1.82, 2.24) is 10.6 Å². The highest BCUT2D eigenvalue weighted by molar-refractivity contribution is 6.19. The Morgan fingerprint density at radius 3 is 1.31 bits per heavy atom. The summed E-state index contributed by atoms with van der Waals surface area (Å²) in [6.07, 6.45) is 2.75. The van der Waals surface area contributed by atoms with Gasteiger partial charge in [0.15, 0.2) is 0 Å². The summed E-state index contributed by atoms with van der Waals surface area (Å²) in [5.41, 5.74) is 2.76. The van der Waals surface area contributed by atoms with E-state index in [0.29, 0.717) is 11.4 Å². The van der Waals surface area contributed by atoms with E-state index in [1.807, 2.05) is 74.5 Å². The summed E-state index contributed by atoms with van der Waals surface area (Å²) in [4.78, 5) is 24.9. The summed E-state index contributed by atoms with van der Waals surface area (Å²) >= 11 is 0. The molecule has 1 aliphatic rings. The predicted octanol–water partition coefficient (Wildman–Crippen LogP) is 3.61. The van der Waals surface area contributed by atoms with E-state index in [1.165, 1.54) is 12.2 Å². The topological polar surface area (TPSA) is 58.2 Å². The first kappa shape index (κ1) is 17.7. The lowest BCUT2D eigenvalue weighted by molar-refractivity contribution is -0.115. The zero-order chi connectivity index (χ0) is 18.5. The second-order valence-corrected chi connectivity index (χ2v) is 6.40. The van der Waals surface area contributed by atoms with E-state index in [-0.39, 0.29) is 23.7 Å². The van der Waals surface area contributed by atoms with Crippen LogP contribution in [-0.4, -0.2) is 11.6 Å². The molecule has 2 aromatic carbocycles. The summed E-state index contributed by atoms with van der Waals surface area (Å²) in [6, 6.07) is 19.5. The van der Waals surface area contributed by atoms with Gasteiger partial charge in [-0.1, -0.05) is 60.7 Å². The lowest BCUT2D eigenvalue weighted by Crippen LogP contribution is -2.31. The van der Waals surface area contributed by atoms with E-state index in [4.69, 9.17) is 0 Å². The third-order valence-corrected chi connectivity index (χ3v) is 4.42. The van der Waals surface area contributed by atoms with Crippen LogP contribution in [0.3, 0.4) is 0 Å². The maximum Gasteiger partial charge on any atom is 0.204 e. The zero-order valence-corrected chi connectivity index (χ0v) is 14.9. The van der Waals surface area contributed by atoms with Crippen LogP contribution in [0.5, 0.6) is 0 Å². The molecule has 0 saturated carbocycles. The molecule has 0 spiro atoms. The molecule has 0 aromatic heterocycles. The van der Waals surface area contributed by atoms with Crippen LogP contribution < -0.4 is 10.6 Å². The summed E-state index contributed by atoms with van der Waals surface area (Å²) < 4.78 is 0. The summed E-state index contributed by atoms with van der Waals surface area (Å²) in [7, 11) is 0. The maximum atomic E-state index is 12.4. The van der Waals surface area contributed by atoms with Gasteiger partial charge in [0, 0.05) is 24.2 Å². The highest BCUT2D eigenvalue weighted by atomic mass is 16.1.